The van der Waals surface area contributed by atoms with Crippen molar-refractivity contribution in [3.05, 3.63) is 107 Å². The maximum atomic E-state index is 13.1. The van der Waals surface area contributed by atoms with E-state index < -0.39 is 0 Å². The second-order valence-corrected chi connectivity index (χ2v) is 9.32. The summed E-state index contributed by atoms with van der Waals surface area (Å²) in [5.41, 5.74) is 5.49. The summed E-state index contributed by atoms with van der Waals surface area (Å²) in [5, 5.41) is 4.12. The minimum Gasteiger partial charge on any atom is -0.361 e. The lowest BCUT2D eigenvalue weighted by atomic mass is 9.83. The Balaban J connectivity index is 1.60. The van der Waals surface area contributed by atoms with Gasteiger partial charge in [-0.2, -0.15) is 0 Å². The fraction of sp³-hybridized carbons (Fsp3) is 0.250. The highest BCUT2D eigenvalue weighted by Crippen LogP contribution is 2.34. The number of nitrogens with one attached hydrogen (secondary N) is 2. The first kappa shape index (κ1) is 21.8. The number of aromatic nitrogens is 1. The van der Waals surface area contributed by atoms with Crippen LogP contribution in [0, 0.1) is 5.82 Å². The van der Waals surface area contributed by atoms with Gasteiger partial charge in [-0.1, -0.05) is 75.4 Å². The number of para-hydroxylation sites is 1. The number of carbonyl (C=O) groups is 1. The zero-order chi connectivity index (χ0) is 22.7. The van der Waals surface area contributed by atoms with Gasteiger partial charge < -0.3 is 10.3 Å². The predicted molar refractivity (Wildman–Crippen MR) is 128 cm³/mol. The Morgan fingerprint density at radius 1 is 0.969 bits per heavy atom. The molecule has 1 aromatic heterocycles. The van der Waals surface area contributed by atoms with Crippen molar-refractivity contribution >= 4 is 16.8 Å². The van der Waals surface area contributed by atoms with Gasteiger partial charge in [0, 0.05) is 36.0 Å². The molecular formula is C28H29FN2O. The topological polar surface area (TPSA) is 44.9 Å². The highest BCUT2D eigenvalue weighted by Gasteiger charge is 2.22. The lowest BCUT2D eigenvalue weighted by molar-refractivity contribution is -0.121. The predicted octanol–water partition coefficient (Wildman–Crippen LogP) is 6.44. The van der Waals surface area contributed by atoms with E-state index in [2.05, 4.69) is 61.4 Å². The third-order valence-electron chi connectivity index (χ3n) is 5.97. The SMILES string of the molecule is CC(C)(C)c1ccc(C(CC(=O)NCc2ccc(F)cc2)c2c[nH]c3ccccc23)cc1. The largest absolute Gasteiger partial charge is 0.361 e. The van der Waals surface area contributed by atoms with Crippen molar-refractivity contribution in [3.63, 3.8) is 0 Å². The summed E-state index contributed by atoms with van der Waals surface area (Å²) in [6, 6.07) is 23.0. The number of hydrogen-bond acceptors (Lipinski definition) is 1. The van der Waals surface area contributed by atoms with Gasteiger partial charge >= 0.3 is 0 Å². The number of carbonyl (C=O) groups excluding carboxylic acids is 1. The number of rotatable bonds is 6. The Hall–Kier alpha value is -3.40. The van der Waals surface area contributed by atoms with Gasteiger partial charge in [0.2, 0.25) is 5.91 Å². The van der Waals surface area contributed by atoms with Crippen molar-refractivity contribution in [2.45, 2.75) is 45.1 Å². The lowest BCUT2D eigenvalue weighted by Gasteiger charge is -2.22. The van der Waals surface area contributed by atoms with Crippen LogP contribution in [0.1, 0.15) is 55.4 Å². The van der Waals surface area contributed by atoms with E-state index in [1.165, 1.54) is 17.7 Å². The maximum Gasteiger partial charge on any atom is 0.221 e. The Kier molecular flexibility index (Phi) is 6.13. The molecule has 1 heterocycles. The third kappa shape index (κ3) is 4.91. The first-order valence-corrected chi connectivity index (χ1v) is 11.0. The first-order chi connectivity index (χ1) is 15.3. The molecule has 0 bridgehead atoms. The van der Waals surface area contributed by atoms with Crippen LogP contribution in [0.15, 0.2) is 79.0 Å². The van der Waals surface area contributed by atoms with Crippen LogP contribution in [0.5, 0.6) is 0 Å². The fourth-order valence-corrected chi connectivity index (χ4v) is 4.07. The quantitative estimate of drug-likeness (QED) is 0.364. The minimum absolute atomic E-state index is 0.0375. The Labute approximate surface area is 188 Å². The Morgan fingerprint density at radius 3 is 2.34 bits per heavy atom. The summed E-state index contributed by atoms with van der Waals surface area (Å²) < 4.78 is 13.1. The molecule has 164 valence electrons. The van der Waals surface area contributed by atoms with E-state index in [0.717, 1.165) is 27.6 Å². The van der Waals surface area contributed by atoms with Crippen molar-refractivity contribution in [2.75, 3.05) is 0 Å². The number of H-pyrrole nitrogens is 1. The highest BCUT2D eigenvalue weighted by molar-refractivity contribution is 5.86. The average Bonchev–Trinajstić information content (AvgIpc) is 3.20. The molecule has 0 spiro atoms. The molecule has 3 nitrogen and oxygen atoms in total. The minimum atomic E-state index is -0.279. The number of amides is 1. The van der Waals surface area contributed by atoms with Crippen molar-refractivity contribution in [1.29, 1.82) is 0 Å². The van der Waals surface area contributed by atoms with Crippen molar-refractivity contribution in [1.82, 2.24) is 10.3 Å². The number of halogens is 1. The van der Waals surface area contributed by atoms with E-state index in [0.29, 0.717) is 13.0 Å². The van der Waals surface area contributed by atoms with Gasteiger partial charge in [0.1, 0.15) is 5.82 Å². The molecule has 1 amide bonds. The van der Waals surface area contributed by atoms with Gasteiger partial charge in [-0.25, -0.2) is 4.39 Å². The van der Waals surface area contributed by atoms with Crippen LogP contribution in [-0.4, -0.2) is 10.9 Å². The molecule has 2 N–H and O–H groups in total. The Morgan fingerprint density at radius 2 is 1.66 bits per heavy atom. The molecule has 0 saturated heterocycles. The molecule has 0 aliphatic rings. The van der Waals surface area contributed by atoms with Gasteiger partial charge in [0.15, 0.2) is 0 Å². The lowest BCUT2D eigenvalue weighted by Crippen LogP contribution is -2.25. The molecule has 0 aliphatic heterocycles. The molecule has 32 heavy (non-hydrogen) atoms. The molecule has 4 rings (SSSR count). The van der Waals surface area contributed by atoms with E-state index in [1.807, 2.05) is 24.4 Å². The van der Waals surface area contributed by atoms with Gasteiger partial charge in [-0.05, 0) is 45.9 Å². The maximum absolute atomic E-state index is 13.1. The second kappa shape index (κ2) is 8.99. The summed E-state index contributed by atoms with van der Waals surface area (Å²) >= 11 is 0. The summed E-state index contributed by atoms with van der Waals surface area (Å²) in [6.07, 6.45) is 2.35. The molecule has 3 aromatic carbocycles. The van der Waals surface area contributed by atoms with Crippen molar-refractivity contribution < 1.29 is 9.18 Å². The molecule has 4 aromatic rings. The van der Waals surface area contributed by atoms with Crippen LogP contribution in [0.4, 0.5) is 4.39 Å². The number of hydrogen-bond donors (Lipinski definition) is 2. The zero-order valence-corrected chi connectivity index (χ0v) is 18.8. The van der Waals surface area contributed by atoms with Crippen LogP contribution < -0.4 is 5.32 Å². The third-order valence-corrected chi connectivity index (χ3v) is 5.97. The van der Waals surface area contributed by atoms with Gasteiger partial charge in [0.05, 0.1) is 0 Å². The van der Waals surface area contributed by atoms with E-state index in [1.54, 1.807) is 12.1 Å². The van der Waals surface area contributed by atoms with E-state index in [9.17, 15) is 9.18 Å². The monoisotopic (exact) mass is 428 g/mol. The second-order valence-electron chi connectivity index (χ2n) is 9.32. The normalized spacial score (nSPS) is 12.6. The van der Waals surface area contributed by atoms with Gasteiger partial charge in [-0.3, -0.25) is 4.79 Å². The molecule has 0 radical (unpaired) electrons. The van der Waals surface area contributed by atoms with Gasteiger partial charge in [0.25, 0.3) is 0 Å². The van der Waals surface area contributed by atoms with Crippen LogP contribution in [0.3, 0.4) is 0 Å². The average molecular weight is 429 g/mol. The van der Waals surface area contributed by atoms with Crippen LogP contribution in [-0.2, 0) is 16.8 Å². The number of fused-ring (bicyclic) bond motifs is 1. The standard InChI is InChI=1S/C28H29FN2O/c1-28(2,3)21-12-10-20(11-13-21)24(25-18-30-26-7-5-4-6-23(25)26)16-27(32)31-17-19-8-14-22(29)15-9-19/h4-15,18,24,30H,16-17H2,1-3H3,(H,31,32). The van der Waals surface area contributed by atoms with Crippen LogP contribution in [0.25, 0.3) is 10.9 Å². The highest BCUT2D eigenvalue weighted by atomic mass is 19.1. The van der Waals surface area contributed by atoms with Crippen molar-refractivity contribution in [3.8, 4) is 0 Å². The summed E-state index contributed by atoms with van der Waals surface area (Å²) in [7, 11) is 0. The molecule has 1 unspecified atom stereocenters. The van der Waals surface area contributed by atoms with E-state index >= 15 is 0 Å². The zero-order valence-electron chi connectivity index (χ0n) is 18.8. The van der Waals surface area contributed by atoms with E-state index in [-0.39, 0.29) is 23.1 Å². The number of aromatic amines is 1. The fourth-order valence-electron chi connectivity index (χ4n) is 4.07. The first-order valence-electron chi connectivity index (χ1n) is 11.0. The molecule has 4 heteroatoms. The molecular weight excluding hydrogens is 399 g/mol. The van der Waals surface area contributed by atoms with Crippen molar-refractivity contribution in [2.24, 2.45) is 0 Å². The molecule has 0 saturated carbocycles. The molecule has 0 fully saturated rings. The van der Waals surface area contributed by atoms with Crippen LogP contribution >= 0.6 is 0 Å². The summed E-state index contributed by atoms with van der Waals surface area (Å²) in [6.45, 7) is 6.97. The molecule has 0 aliphatic carbocycles. The number of benzene rings is 3. The summed E-state index contributed by atoms with van der Waals surface area (Å²) in [4.78, 5) is 16.3. The molecule has 1 atom stereocenters. The Bertz CT molecular complexity index is 1200. The van der Waals surface area contributed by atoms with Crippen LogP contribution in [0.2, 0.25) is 0 Å². The summed E-state index contributed by atoms with van der Waals surface area (Å²) in [5.74, 6) is -0.393. The van der Waals surface area contributed by atoms with Gasteiger partial charge in [-0.15, -0.1) is 0 Å². The smallest absolute Gasteiger partial charge is 0.221 e. The van der Waals surface area contributed by atoms with E-state index in [4.69, 9.17) is 0 Å².